The number of aryl methyl sites for hydroxylation is 1. The highest BCUT2D eigenvalue weighted by molar-refractivity contribution is 7.80. The lowest BCUT2D eigenvalue weighted by atomic mass is 10.1. The lowest BCUT2D eigenvalue weighted by molar-refractivity contribution is -0.386. The summed E-state index contributed by atoms with van der Waals surface area (Å²) in [6.45, 7) is 1.56. The third-order valence-electron chi connectivity index (χ3n) is 1.80. The Morgan fingerprint density at radius 3 is 2.64 bits per heavy atom. The van der Waals surface area contributed by atoms with E-state index in [-0.39, 0.29) is 16.3 Å². The summed E-state index contributed by atoms with van der Waals surface area (Å²) in [7, 11) is 0. The van der Waals surface area contributed by atoms with Crippen LogP contribution in [0.1, 0.15) is 11.1 Å². The summed E-state index contributed by atoms with van der Waals surface area (Å²) >= 11 is 4.63. The number of phenolic OH excluding ortho intramolecular Hbond substituents is 1. The molecule has 0 aromatic heterocycles. The first-order valence-electron chi connectivity index (χ1n) is 3.72. The van der Waals surface area contributed by atoms with Gasteiger partial charge in [-0.25, -0.2) is 0 Å². The minimum absolute atomic E-state index is 0.0769. The van der Waals surface area contributed by atoms with Crippen LogP contribution in [0.25, 0.3) is 0 Å². The SMILES string of the molecule is Cc1ccc(C(N)=S)c([N+](=O)[O-])c1O. The van der Waals surface area contributed by atoms with E-state index in [1.54, 1.807) is 6.92 Å². The van der Waals surface area contributed by atoms with Crippen molar-refractivity contribution in [1.29, 1.82) is 0 Å². The van der Waals surface area contributed by atoms with Crippen molar-refractivity contribution in [3.05, 3.63) is 33.4 Å². The molecule has 1 aromatic carbocycles. The third kappa shape index (κ3) is 1.64. The van der Waals surface area contributed by atoms with Gasteiger partial charge in [0.05, 0.1) is 10.5 Å². The van der Waals surface area contributed by atoms with Crippen LogP contribution in [0.4, 0.5) is 5.69 Å². The van der Waals surface area contributed by atoms with Gasteiger partial charge < -0.3 is 10.8 Å². The van der Waals surface area contributed by atoms with Crippen molar-refractivity contribution in [2.24, 2.45) is 5.73 Å². The Labute approximate surface area is 85.3 Å². The summed E-state index contributed by atoms with van der Waals surface area (Å²) in [5, 5.41) is 20.1. The maximum absolute atomic E-state index is 10.6. The molecule has 0 heterocycles. The molecule has 0 bridgehead atoms. The number of nitro groups is 1. The van der Waals surface area contributed by atoms with Gasteiger partial charge in [-0.3, -0.25) is 10.1 Å². The molecule has 0 saturated heterocycles. The Kier molecular flexibility index (Phi) is 2.66. The van der Waals surface area contributed by atoms with E-state index in [9.17, 15) is 15.2 Å². The van der Waals surface area contributed by atoms with E-state index in [0.29, 0.717) is 5.56 Å². The molecule has 0 unspecified atom stereocenters. The van der Waals surface area contributed by atoms with Crippen LogP contribution in [0, 0.1) is 17.0 Å². The zero-order valence-electron chi connectivity index (χ0n) is 7.35. The van der Waals surface area contributed by atoms with E-state index in [2.05, 4.69) is 12.2 Å². The summed E-state index contributed by atoms with van der Waals surface area (Å²) in [5.41, 5.74) is 5.34. The second-order valence-electron chi connectivity index (χ2n) is 2.75. The number of nitrogens with zero attached hydrogens (tertiary/aromatic N) is 1. The van der Waals surface area contributed by atoms with Gasteiger partial charge in [-0.2, -0.15) is 0 Å². The fourth-order valence-electron chi connectivity index (χ4n) is 1.06. The Bertz CT molecular complexity index is 417. The smallest absolute Gasteiger partial charge is 0.321 e. The Hall–Kier alpha value is -1.69. The summed E-state index contributed by atoms with van der Waals surface area (Å²) in [5.74, 6) is -0.389. The average molecular weight is 212 g/mol. The van der Waals surface area contributed by atoms with Crippen molar-refractivity contribution in [3.8, 4) is 5.75 Å². The minimum Gasteiger partial charge on any atom is -0.502 e. The molecular formula is C8H8N2O3S. The number of phenols is 1. The molecule has 0 aliphatic heterocycles. The number of hydrogen-bond donors (Lipinski definition) is 2. The Morgan fingerprint density at radius 2 is 2.21 bits per heavy atom. The first-order valence-corrected chi connectivity index (χ1v) is 4.12. The highest BCUT2D eigenvalue weighted by Gasteiger charge is 2.22. The summed E-state index contributed by atoms with van der Waals surface area (Å²) in [6, 6.07) is 2.95. The van der Waals surface area contributed by atoms with Crippen molar-refractivity contribution < 1.29 is 10.0 Å². The highest BCUT2D eigenvalue weighted by Crippen LogP contribution is 2.32. The van der Waals surface area contributed by atoms with Gasteiger partial charge >= 0.3 is 5.69 Å². The van der Waals surface area contributed by atoms with Crippen LogP contribution in [-0.2, 0) is 0 Å². The molecule has 0 fully saturated rings. The van der Waals surface area contributed by atoms with Crippen LogP contribution in [-0.4, -0.2) is 15.0 Å². The van der Waals surface area contributed by atoms with E-state index in [4.69, 9.17) is 5.73 Å². The first kappa shape index (κ1) is 10.4. The van der Waals surface area contributed by atoms with E-state index in [0.717, 1.165) is 0 Å². The quantitative estimate of drug-likeness (QED) is 0.437. The molecule has 0 aliphatic carbocycles. The predicted octanol–water partition coefficient (Wildman–Crippen LogP) is 1.24. The van der Waals surface area contributed by atoms with Crippen molar-refractivity contribution in [1.82, 2.24) is 0 Å². The molecule has 1 rings (SSSR count). The van der Waals surface area contributed by atoms with Crippen LogP contribution < -0.4 is 5.73 Å². The zero-order chi connectivity index (χ0) is 10.9. The molecule has 74 valence electrons. The standard InChI is InChI=1S/C8H8N2O3S/c1-4-2-3-5(8(9)14)6(7(4)11)10(12)13/h2-3,11H,1H3,(H2,9,14). The number of hydrogen-bond acceptors (Lipinski definition) is 4. The molecule has 0 spiro atoms. The molecule has 0 amide bonds. The van der Waals surface area contributed by atoms with Crippen LogP contribution in [0.5, 0.6) is 5.75 Å². The average Bonchev–Trinajstić information content (AvgIpc) is 2.08. The summed E-state index contributed by atoms with van der Waals surface area (Å²) < 4.78 is 0. The molecule has 1 aromatic rings. The molecule has 0 radical (unpaired) electrons. The van der Waals surface area contributed by atoms with Gasteiger partial charge in [0.2, 0.25) is 0 Å². The molecule has 0 aliphatic rings. The van der Waals surface area contributed by atoms with E-state index >= 15 is 0 Å². The normalized spacial score (nSPS) is 9.79. The molecule has 6 heteroatoms. The number of benzene rings is 1. The number of aromatic hydroxyl groups is 1. The number of rotatable bonds is 2. The van der Waals surface area contributed by atoms with Crippen molar-refractivity contribution in [3.63, 3.8) is 0 Å². The maximum atomic E-state index is 10.6. The lowest BCUT2D eigenvalue weighted by Gasteiger charge is -2.04. The lowest BCUT2D eigenvalue weighted by Crippen LogP contribution is -2.12. The van der Waals surface area contributed by atoms with Crippen LogP contribution in [0.2, 0.25) is 0 Å². The Morgan fingerprint density at radius 1 is 1.64 bits per heavy atom. The molecule has 5 nitrogen and oxygen atoms in total. The van der Waals surface area contributed by atoms with E-state index < -0.39 is 10.6 Å². The fraction of sp³-hybridized carbons (Fsp3) is 0.125. The van der Waals surface area contributed by atoms with Gasteiger partial charge in [0.25, 0.3) is 0 Å². The van der Waals surface area contributed by atoms with Crippen molar-refractivity contribution in [2.45, 2.75) is 6.92 Å². The Balaban J connectivity index is 3.53. The number of thiocarbonyl (C=S) groups is 1. The number of nitrogens with two attached hydrogens (primary N) is 1. The fourth-order valence-corrected chi connectivity index (χ4v) is 1.23. The summed E-state index contributed by atoms with van der Waals surface area (Å²) in [4.78, 5) is 9.83. The second kappa shape index (κ2) is 3.59. The third-order valence-corrected chi connectivity index (χ3v) is 2.02. The highest BCUT2D eigenvalue weighted by atomic mass is 32.1. The zero-order valence-corrected chi connectivity index (χ0v) is 8.17. The van der Waals surface area contributed by atoms with Crippen molar-refractivity contribution >= 4 is 22.9 Å². The van der Waals surface area contributed by atoms with Gasteiger partial charge in [0.15, 0.2) is 5.75 Å². The largest absolute Gasteiger partial charge is 0.502 e. The van der Waals surface area contributed by atoms with Crippen molar-refractivity contribution in [2.75, 3.05) is 0 Å². The molecule has 3 N–H and O–H groups in total. The van der Waals surface area contributed by atoms with Gasteiger partial charge in [0, 0.05) is 0 Å². The topological polar surface area (TPSA) is 89.4 Å². The van der Waals surface area contributed by atoms with E-state index in [1.807, 2.05) is 0 Å². The predicted molar refractivity (Wildman–Crippen MR) is 55.4 cm³/mol. The van der Waals surface area contributed by atoms with E-state index in [1.165, 1.54) is 12.1 Å². The van der Waals surface area contributed by atoms with Gasteiger partial charge in [0.1, 0.15) is 4.99 Å². The molecule has 0 saturated carbocycles. The molecule has 0 atom stereocenters. The first-order chi connectivity index (χ1) is 6.45. The molecule has 14 heavy (non-hydrogen) atoms. The second-order valence-corrected chi connectivity index (χ2v) is 3.19. The number of nitro benzene ring substituents is 1. The summed E-state index contributed by atoms with van der Waals surface area (Å²) in [6.07, 6.45) is 0. The van der Waals surface area contributed by atoms with Crippen LogP contribution in [0.15, 0.2) is 12.1 Å². The van der Waals surface area contributed by atoms with Gasteiger partial charge in [-0.05, 0) is 18.6 Å². The van der Waals surface area contributed by atoms with Crippen LogP contribution >= 0.6 is 12.2 Å². The minimum atomic E-state index is -0.698. The van der Waals surface area contributed by atoms with Gasteiger partial charge in [-0.1, -0.05) is 18.3 Å². The maximum Gasteiger partial charge on any atom is 0.321 e. The molecular weight excluding hydrogens is 204 g/mol. The monoisotopic (exact) mass is 212 g/mol. The van der Waals surface area contributed by atoms with Crippen LogP contribution in [0.3, 0.4) is 0 Å². The van der Waals surface area contributed by atoms with Gasteiger partial charge in [-0.15, -0.1) is 0 Å².